The van der Waals surface area contributed by atoms with E-state index in [-0.39, 0.29) is 12.1 Å². The molecule has 0 aliphatic heterocycles. The average Bonchev–Trinajstić information content (AvgIpc) is 2.53. The SMILES string of the molecule is O[C@H]1CCCC[C@@H]1n1cc(I)cn1. The maximum atomic E-state index is 9.77. The van der Waals surface area contributed by atoms with Crippen molar-refractivity contribution in [3.05, 3.63) is 16.0 Å². The van der Waals surface area contributed by atoms with Crippen LogP contribution in [0.2, 0.25) is 0 Å². The highest BCUT2D eigenvalue weighted by Gasteiger charge is 2.24. The zero-order valence-electron chi connectivity index (χ0n) is 7.36. The minimum atomic E-state index is -0.204. The Labute approximate surface area is 91.3 Å². The van der Waals surface area contributed by atoms with Gasteiger partial charge >= 0.3 is 0 Å². The largest absolute Gasteiger partial charge is 0.391 e. The van der Waals surface area contributed by atoms with Crippen LogP contribution in [0.5, 0.6) is 0 Å². The highest BCUT2D eigenvalue weighted by Crippen LogP contribution is 2.28. The second-order valence-electron chi connectivity index (χ2n) is 3.56. The van der Waals surface area contributed by atoms with Crippen molar-refractivity contribution in [2.75, 3.05) is 0 Å². The van der Waals surface area contributed by atoms with Crippen LogP contribution >= 0.6 is 22.6 Å². The molecule has 1 N–H and O–H groups in total. The average molecular weight is 292 g/mol. The monoisotopic (exact) mass is 292 g/mol. The van der Waals surface area contributed by atoms with Gasteiger partial charge in [0.05, 0.1) is 21.9 Å². The Morgan fingerprint density at radius 3 is 2.85 bits per heavy atom. The van der Waals surface area contributed by atoms with E-state index in [1.165, 1.54) is 6.42 Å². The molecule has 0 unspecified atom stereocenters. The summed E-state index contributed by atoms with van der Waals surface area (Å²) in [6.45, 7) is 0. The van der Waals surface area contributed by atoms with Crippen LogP contribution in [0, 0.1) is 3.57 Å². The summed E-state index contributed by atoms with van der Waals surface area (Å²) in [4.78, 5) is 0. The van der Waals surface area contributed by atoms with Gasteiger partial charge in [-0.1, -0.05) is 12.8 Å². The van der Waals surface area contributed by atoms with Gasteiger partial charge in [-0.05, 0) is 35.4 Å². The fraction of sp³-hybridized carbons (Fsp3) is 0.667. The second-order valence-corrected chi connectivity index (χ2v) is 4.80. The van der Waals surface area contributed by atoms with E-state index in [0.29, 0.717) is 0 Å². The lowest BCUT2D eigenvalue weighted by molar-refractivity contribution is 0.0694. The molecule has 13 heavy (non-hydrogen) atoms. The summed E-state index contributed by atoms with van der Waals surface area (Å²) in [6, 6.07) is 0.206. The predicted molar refractivity (Wildman–Crippen MR) is 58.5 cm³/mol. The van der Waals surface area contributed by atoms with E-state index < -0.39 is 0 Å². The molecular weight excluding hydrogens is 279 g/mol. The van der Waals surface area contributed by atoms with Crippen molar-refractivity contribution in [2.45, 2.75) is 37.8 Å². The Balaban J connectivity index is 2.14. The molecule has 0 radical (unpaired) electrons. The molecule has 1 saturated carbocycles. The molecule has 2 rings (SSSR count). The summed E-state index contributed by atoms with van der Waals surface area (Å²) in [5.74, 6) is 0. The zero-order chi connectivity index (χ0) is 9.26. The predicted octanol–water partition coefficient (Wildman–Crippen LogP) is 1.96. The Morgan fingerprint density at radius 1 is 1.46 bits per heavy atom. The molecular formula is C9H13IN2O. The van der Waals surface area contributed by atoms with Gasteiger partial charge in [-0.15, -0.1) is 0 Å². The molecule has 1 aliphatic carbocycles. The molecule has 1 aromatic rings. The molecule has 1 heterocycles. The van der Waals surface area contributed by atoms with Crippen molar-refractivity contribution < 1.29 is 5.11 Å². The Kier molecular flexibility index (Phi) is 2.88. The minimum absolute atomic E-state index is 0.204. The first-order valence-electron chi connectivity index (χ1n) is 4.65. The number of hydrogen-bond acceptors (Lipinski definition) is 2. The maximum absolute atomic E-state index is 9.77. The summed E-state index contributed by atoms with van der Waals surface area (Å²) in [6.07, 6.45) is 7.96. The molecule has 3 nitrogen and oxygen atoms in total. The van der Waals surface area contributed by atoms with Crippen molar-refractivity contribution in [1.82, 2.24) is 9.78 Å². The van der Waals surface area contributed by atoms with E-state index in [0.717, 1.165) is 22.8 Å². The number of halogens is 1. The Bertz CT molecular complexity index is 287. The highest BCUT2D eigenvalue weighted by molar-refractivity contribution is 14.1. The van der Waals surface area contributed by atoms with E-state index >= 15 is 0 Å². The van der Waals surface area contributed by atoms with Gasteiger partial charge in [0.25, 0.3) is 0 Å². The van der Waals surface area contributed by atoms with Crippen LogP contribution in [0.25, 0.3) is 0 Å². The van der Waals surface area contributed by atoms with Crippen molar-refractivity contribution in [2.24, 2.45) is 0 Å². The van der Waals surface area contributed by atoms with Crippen molar-refractivity contribution >= 4 is 22.6 Å². The summed E-state index contributed by atoms with van der Waals surface area (Å²) < 4.78 is 3.04. The smallest absolute Gasteiger partial charge is 0.0778 e. The van der Waals surface area contributed by atoms with E-state index in [9.17, 15) is 5.11 Å². The van der Waals surface area contributed by atoms with E-state index in [2.05, 4.69) is 27.7 Å². The third-order valence-electron chi connectivity index (χ3n) is 2.60. The van der Waals surface area contributed by atoms with E-state index in [1.54, 1.807) is 0 Å². The lowest BCUT2D eigenvalue weighted by Crippen LogP contribution is -2.27. The van der Waals surface area contributed by atoms with Crippen molar-refractivity contribution in [1.29, 1.82) is 0 Å². The van der Waals surface area contributed by atoms with Crippen LogP contribution in [0.1, 0.15) is 31.7 Å². The minimum Gasteiger partial charge on any atom is -0.391 e. The van der Waals surface area contributed by atoms with Crippen molar-refractivity contribution in [3.63, 3.8) is 0 Å². The molecule has 72 valence electrons. The molecule has 0 spiro atoms. The Morgan fingerprint density at radius 2 is 2.23 bits per heavy atom. The van der Waals surface area contributed by atoms with Gasteiger partial charge in [0.15, 0.2) is 0 Å². The number of nitrogens with zero attached hydrogens (tertiary/aromatic N) is 2. The summed E-state index contributed by atoms with van der Waals surface area (Å²) in [5.41, 5.74) is 0. The molecule has 1 fully saturated rings. The maximum Gasteiger partial charge on any atom is 0.0778 e. The fourth-order valence-electron chi connectivity index (χ4n) is 1.90. The van der Waals surface area contributed by atoms with E-state index in [1.807, 2.05) is 17.1 Å². The topological polar surface area (TPSA) is 38.0 Å². The number of rotatable bonds is 1. The van der Waals surface area contributed by atoms with Crippen LogP contribution < -0.4 is 0 Å². The van der Waals surface area contributed by atoms with E-state index in [4.69, 9.17) is 0 Å². The van der Waals surface area contributed by atoms with Crippen LogP contribution in [0.3, 0.4) is 0 Å². The lowest BCUT2D eigenvalue weighted by Gasteiger charge is -2.27. The van der Waals surface area contributed by atoms with Gasteiger partial charge in [-0.3, -0.25) is 4.68 Å². The van der Waals surface area contributed by atoms with Crippen LogP contribution in [-0.4, -0.2) is 21.0 Å². The van der Waals surface area contributed by atoms with Gasteiger partial charge < -0.3 is 5.11 Å². The quantitative estimate of drug-likeness (QED) is 0.804. The van der Waals surface area contributed by atoms with Crippen molar-refractivity contribution in [3.8, 4) is 0 Å². The van der Waals surface area contributed by atoms with Gasteiger partial charge in [0.2, 0.25) is 0 Å². The standard InChI is InChI=1S/C9H13IN2O/c10-7-5-11-12(6-7)8-3-1-2-4-9(8)13/h5-6,8-9,13H,1-4H2/t8-,9-/m0/s1. The molecule has 0 saturated heterocycles. The molecule has 2 atom stereocenters. The van der Waals surface area contributed by atoms with Crippen LogP contribution in [0.15, 0.2) is 12.4 Å². The van der Waals surface area contributed by atoms with Gasteiger partial charge in [0.1, 0.15) is 0 Å². The lowest BCUT2D eigenvalue weighted by atomic mass is 9.93. The first-order chi connectivity index (χ1) is 6.27. The number of aliphatic hydroxyl groups excluding tert-OH is 1. The molecule has 4 heteroatoms. The first-order valence-corrected chi connectivity index (χ1v) is 5.73. The zero-order valence-corrected chi connectivity index (χ0v) is 9.51. The Hall–Kier alpha value is -0.100. The molecule has 0 amide bonds. The van der Waals surface area contributed by atoms with Crippen LogP contribution in [0.4, 0.5) is 0 Å². The normalized spacial score (nSPS) is 29.1. The van der Waals surface area contributed by atoms with Crippen LogP contribution in [-0.2, 0) is 0 Å². The van der Waals surface area contributed by atoms with Gasteiger partial charge in [0, 0.05) is 6.20 Å². The fourth-order valence-corrected chi connectivity index (χ4v) is 2.31. The molecule has 1 aromatic heterocycles. The highest BCUT2D eigenvalue weighted by atomic mass is 127. The van der Waals surface area contributed by atoms with Gasteiger partial charge in [-0.2, -0.15) is 5.10 Å². The molecule has 0 aromatic carbocycles. The summed E-state index contributed by atoms with van der Waals surface area (Å²) >= 11 is 2.24. The van der Waals surface area contributed by atoms with Gasteiger partial charge in [-0.25, -0.2) is 0 Å². The summed E-state index contributed by atoms with van der Waals surface area (Å²) in [7, 11) is 0. The number of hydrogen-bond donors (Lipinski definition) is 1. The third-order valence-corrected chi connectivity index (χ3v) is 3.16. The number of aliphatic hydroxyl groups is 1. The molecule has 1 aliphatic rings. The first kappa shape index (κ1) is 9.45. The molecule has 0 bridgehead atoms. The third kappa shape index (κ3) is 2.04. The second kappa shape index (κ2) is 3.96. The summed E-state index contributed by atoms with van der Waals surface area (Å²) in [5, 5.41) is 14.0. The number of aromatic nitrogens is 2.